The van der Waals surface area contributed by atoms with Gasteiger partial charge in [-0.1, -0.05) is 17.4 Å². The molecule has 0 bridgehead atoms. The zero-order valence-corrected chi connectivity index (χ0v) is 14.8. The van der Waals surface area contributed by atoms with E-state index in [0.29, 0.717) is 15.2 Å². The number of thiazole rings is 1. The molecule has 2 aromatic heterocycles. The summed E-state index contributed by atoms with van der Waals surface area (Å²) in [5.74, 6) is 0.443. The number of phenols is 1. The molecule has 0 aliphatic rings. The van der Waals surface area contributed by atoms with E-state index < -0.39 is 0 Å². The van der Waals surface area contributed by atoms with Crippen molar-refractivity contribution >= 4 is 33.4 Å². The normalized spacial score (nSPS) is 12.4. The van der Waals surface area contributed by atoms with Crippen LogP contribution in [0.15, 0.2) is 35.1 Å². The van der Waals surface area contributed by atoms with Gasteiger partial charge in [0.15, 0.2) is 16.5 Å². The molecule has 0 saturated carbocycles. The molecule has 2 heterocycles. The van der Waals surface area contributed by atoms with Crippen molar-refractivity contribution in [2.45, 2.75) is 13.8 Å². The van der Waals surface area contributed by atoms with E-state index in [9.17, 15) is 9.90 Å². The summed E-state index contributed by atoms with van der Waals surface area (Å²) < 4.78 is 7.27. The molecule has 2 aromatic carbocycles. The molecule has 0 fully saturated rings. The van der Waals surface area contributed by atoms with Crippen molar-refractivity contribution < 1.29 is 9.84 Å². The molecule has 0 atom stereocenters. The van der Waals surface area contributed by atoms with Crippen molar-refractivity contribution in [2.24, 2.45) is 0 Å². The van der Waals surface area contributed by atoms with Crippen LogP contribution in [0.4, 0.5) is 0 Å². The van der Waals surface area contributed by atoms with Crippen LogP contribution in [-0.4, -0.2) is 21.6 Å². The molecule has 0 radical (unpaired) electrons. The third-order valence-electron chi connectivity index (χ3n) is 4.35. The van der Waals surface area contributed by atoms with E-state index in [2.05, 4.69) is 4.98 Å². The van der Waals surface area contributed by atoms with Gasteiger partial charge in [-0.2, -0.15) is 0 Å². The minimum atomic E-state index is -0.0962. The Morgan fingerprint density at radius 2 is 1.96 bits per heavy atom. The first-order valence-electron chi connectivity index (χ1n) is 7.79. The van der Waals surface area contributed by atoms with Crippen LogP contribution < -0.4 is 14.8 Å². The number of ether oxygens (including phenoxy) is 1. The van der Waals surface area contributed by atoms with Crippen LogP contribution >= 0.6 is 11.3 Å². The van der Waals surface area contributed by atoms with E-state index in [4.69, 9.17) is 4.74 Å². The fourth-order valence-corrected chi connectivity index (χ4v) is 3.85. The molecule has 4 rings (SSSR count). The van der Waals surface area contributed by atoms with Crippen LogP contribution in [0.2, 0.25) is 0 Å². The summed E-state index contributed by atoms with van der Waals surface area (Å²) in [6.45, 7) is 4.06. The van der Waals surface area contributed by atoms with Crippen molar-refractivity contribution in [1.29, 1.82) is 0 Å². The van der Waals surface area contributed by atoms with E-state index >= 15 is 0 Å². The van der Waals surface area contributed by atoms with Crippen molar-refractivity contribution in [3.63, 3.8) is 0 Å². The fourth-order valence-electron chi connectivity index (χ4n) is 2.87. The average Bonchev–Trinajstić information content (AvgIpc) is 3.05. The lowest BCUT2D eigenvalue weighted by atomic mass is 10.1. The largest absolute Gasteiger partial charge is 0.504 e. The monoisotopic (exact) mass is 352 g/mol. The second-order valence-corrected chi connectivity index (χ2v) is 7.01. The quantitative estimate of drug-likeness (QED) is 0.602. The first-order valence-corrected chi connectivity index (χ1v) is 8.60. The molecule has 0 aliphatic heterocycles. The summed E-state index contributed by atoms with van der Waals surface area (Å²) in [5.41, 5.74) is 4.59. The molecule has 5 nitrogen and oxygen atoms in total. The number of aromatic nitrogens is 2. The number of hydrogen-bond donors (Lipinski definition) is 1. The van der Waals surface area contributed by atoms with Gasteiger partial charge in [0.2, 0.25) is 0 Å². The molecule has 0 aliphatic carbocycles. The molecular formula is C19H16N2O3S. The second-order valence-electron chi connectivity index (χ2n) is 6.00. The Morgan fingerprint density at radius 3 is 2.68 bits per heavy atom. The fraction of sp³-hybridized carbons (Fsp3) is 0.158. The van der Waals surface area contributed by atoms with Gasteiger partial charge in [0.1, 0.15) is 0 Å². The Hall–Kier alpha value is -2.86. The first kappa shape index (κ1) is 15.7. The van der Waals surface area contributed by atoms with Gasteiger partial charge in [-0.25, -0.2) is 9.38 Å². The zero-order valence-electron chi connectivity index (χ0n) is 14.0. The number of phenolic OH excluding ortho intramolecular Hbond substituents is 1. The molecule has 0 unspecified atom stereocenters. The van der Waals surface area contributed by atoms with Crippen molar-refractivity contribution in [2.75, 3.05) is 7.11 Å². The van der Waals surface area contributed by atoms with Gasteiger partial charge >= 0.3 is 0 Å². The Morgan fingerprint density at radius 1 is 1.20 bits per heavy atom. The molecule has 126 valence electrons. The molecule has 1 N–H and O–H groups in total. The predicted molar refractivity (Wildman–Crippen MR) is 99.8 cm³/mol. The van der Waals surface area contributed by atoms with Gasteiger partial charge in [0.05, 0.1) is 22.7 Å². The van der Waals surface area contributed by atoms with Crippen LogP contribution in [-0.2, 0) is 0 Å². The highest BCUT2D eigenvalue weighted by Gasteiger charge is 2.12. The third kappa shape index (κ3) is 2.46. The average molecular weight is 352 g/mol. The first-order chi connectivity index (χ1) is 12.0. The lowest BCUT2D eigenvalue weighted by molar-refractivity contribution is 0.373. The number of fused-ring (bicyclic) bond motifs is 3. The highest BCUT2D eigenvalue weighted by atomic mass is 32.1. The van der Waals surface area contributed by atoms with E-state index in [1.165, 1.54) is 18.4 Å². The number of aryl methyl sites for hydroxylation is 2. The highest BCUT2D eigenvalue weighted by molar-refractivity contribution is 7.15. The molecule has 6 heteroatoms. The third-order valence-corrected chi connectivity index (χ3v) is 5.32. The number of benzene rings is 2. The number of imidazole rings is 1. The summed E-state index contributed by atoms with van der Waals surface area (Å²) in [6.07, 6.45) is 1.76. The van der Waals surface area contributed by atoms with E-state index in [-0.39, 0.29) is 11.3 Å². The highest BCUT2D eigenvalue weighted by Crippen LogP contribution is 2.26. The van der Waals surface area contributed by atoms with Crippen LogP contribution in [0.1, 0.15) is 16.7 Å². The summed E-state index contributed by atoms with van der Waals surface area (Å²) in [4.78, 5) is 18.1. The molecule has 0 amide bonds. The summed E-state index contributed by atoms with van der Waals surface area (Å²) in [7, 11) is 1.50. The second kappa shape index (κ2) is 5.60. The number of nitrogens with zero attached hydrogens (tertiary/aromatic N) is 2. The number of hydrogen-bond acceptors (Lipinski definition) is 5. The summed E-state index contributed by atoms with van der Waals surface area (Å²) in [6, 6.07) is 9.06. The molecule has 25 heavy (non-hydrogen) atoms. The Labute approximate surface area is 147 Å². The van der Waals surface area contributed by atoms with Gasteiger partial charge in [0.25, 0.3) is 5.56 Å². The van der Waals surface area contributed by atoms with Gasteiger partial charge in [-0.05, 0) is 60.9 Å². The lowest BCUT2D eigenvalue weighted by Gasteiger charge is -2.02. The SMILES string of the molecule is COc1ccc(/C=c2\sc3nc4cc(C)c(C)cc4n3c2=O)cc1O. The van der Waals surface area contributed by atoms with Crippen molar-refractivity contribution in [1.82, 2.24) is 9.38 Å². The topological polar surface area (TPSA) is 63.8 Å². The number of rotatable bonds is 2. The van der Waals surface area contributed by atoms with E-state index in [1.807, 2.05) is 26.0 Å². The Bertz CT molecular complexity index is 1240. The lowest BCUT2D eigenvalue weighted by Crippen LogP contribution is -2.22. The maximum atomic E-state index is 12.8. The van der Waals surface area contributed by atoms with E-state index in [0.717, 1.165) is 27.7 Å². The van der Waals surface area contributed by atoms with Crippen molar-refractivity contribution in [3.05, 3.63) is 61.9 Å². The minimum Gasteiger partial charge on any atom is -0.504 e. The van der Waals surface area contributed by atoms with Crippen LogP contribution in [0, 0.1) is 13.8 Å². The Kier molecular flexibility index (Phi) is 3.51. The smallest absolute Gasteiger partial charge is 0.274 e. The molecular weight excluding hydrogens is 336 g/mol. The van der Waals surface area contributed by atoms with Gasteiger partial charge in [-0.15, -0.1) is 0 Å². The number of methoxy groups -OCH3 is 1. The standard InChI is InChI=1S/C19H16N2O3S/c1-10-6-13-14(7-11(10)2)21-18(23)17(25-19(21)20-13)9-12-4-5-16(24-3)15(22)8-12/h4-9,22H,1-3H3/b17-9-. The predicted octanol–water partition coefficient (Wildman–Crippen LogP) is 2.79. The van der Waals surface area contributed by atoms with Gasteiger partial charge in [0, 0.05) is 0 Å². The minimum absolute atomic E-state index is 0.0431. The summed E-state index contributed by atoms with van der Waals surface area (Å²) >= 11 is 1.34. The number of aromatic hydroxyl groups is 1. The summed E-state index contributed by atoms with van der Waals surface area (Å²) in [5, 5.41) is 9.90. The van der Waals surface area contributed by atoms with Crippen molar-refractivity contribution in [3.8, 4) is 11.5 Å². The van der Waals surface area contributed by atoms with Crippen LogP contribution in [0.5, 0.6) is 11.5 Å². The maximum absolute atomic E-state index is 12.8. The molecule has 0 saturated heterocycles. The Balaban J connectivity index is 1.94. The zero-order chi connectivity index (χ0) is 17.7. The van der Waals surface area contributed by atoms with Gasteiger partial charge in [-0.3, -0.25) is 4.79 Å². The van der Waals surface area contributed by atoms with Gasteiger partial charge < -0.3 is 9.84 Å². The molecule has 0 spiro atoms. The molecule has 4 aromatic rings. The maximum Gasteiger partial charge on any atom is 0.274 e. The van der Waals surface area contributed by atoms with Crippen LogP contribution in [0.3, 0.4) is 0 Å². The van der Waals surface area contributed by atoms with Crippen LogP contribution in [0.25, 0.3) is 22.1 Å². The van der Waals surface area contributed by atoms with E-state index in [1.54, 1.807) is 28.7 Å².